The van der Waals surface area contributed by atoms with E-state index in [1.54, 1.807) is 7.05 Å². The van der Waals surface area contributed by atoms with Gasteiger partial charge >= 0.3 is 0 Å². The van der Waals surface area contributed by atoms with Crippen molar-refractivity contribution in [1.82, 2.24) is 14.5 Å². The molecule has 0 radical (unpaired) electrons. The van der Waals surface area contributed by atoms with Crippen LogP contribution in [0.5, 0.6) is 0 Å². The van der Waals surface area contributed by atoms with Crippen molar-refractivity contribution in [2.24, 2.45) is 5.92 Å². The molecule has 0 atom stereocenters. The minimum atomic E-state index is -3.08. The second-order valence-electron chi connectivity index (χ2n) is 5.10. The third-order valence-electron chi connectivity index (χ3n) is 3.24. The highest BCUT2D eigenvalue weighted by atomic mass is 32.2. The summed E-state index contributed by atoms with van der Waals surface area (Å²) in [6.07, 6.45) is 1.95. The summed E-state index contributed by atoms with van der Waals surface area (Å²) in [5.74, 6) is 0.626. The predicted molar refractivity (Wildman–Crippen MR) is 70.6 cm³/mol. The Morgan fingerprint density at radius 3 is 2.24 bits per heavy atom. The summed E-state index contributed by atoms with van der Waals surface area (Å²) in [7, 11) is 2.51. The molecular weight excluding hydrogens is 238 g/mol. The third kappa shape index (κ3) is 5.33. The number of nitrogens with one attached hydrogen (secondary N) is 1. The Bertz CT molecular complexity index is 311. The van der Waals surface area contributed by atoms with Gasteiger partial charge < -0.3 is 10.2 Å². The van der Waals surface area contributed by atoms with Crippen LogP contribution < -0.4 is 5.32 Å². The Morgan fingerprint density at radius 2 is 1.71 bits per heavy atom. The minimum Gasteiger partial charge on any atom is -0.317 e. The van der Waals surface area contributed by atoms with Crippen LogP contribution in [-0.2, 0) is 10.0 Å². The second-order valence-corrected chi connectivity index (χ2v) is 7.22. The van der Waals surface area contributed by atoms with Crippen LogP contribution in [0.2, 0.25) is 0 Å². The normalized spacial score (nSPS) is 19.1. The molecule has 1 heterocycles. The highest BCUT2D eigenvalue weighted by molar-refractivity contribution is 7.89. The first-order chi connectivity index (χ1) is 7.92. The lowest BCUT2D eigenvalue weighted by Gasteiger charge is -2.25. The zero-order chi connectivity index (χ0) is 12.9. The van der Waals surface area contributed by atoms with Crippen LogP contribution in [0, 0.1) is 5.92 Å². The lowest BCUT2D eigenvalue weighted by molar-refractivity contribution is 0.351. The van der Waals surface area contributed by atoms with E-state index in [4.69, 9.17) is 0 Å². The molecule has 6 heteroatoms. The first kappa shape index (κ1) is 14.9. The van der Waals surface area contributed by atoms with Crippen molar-refractivity contribution >= 4 is 10.0 Å². The van der Waals surface area contributed by atoms with Gasteiger partial charge in [-0.05, 0) is 45.9 Å². The summed E-state index contributed by atoms with van der Waals surface area (Å²) in [6.45, 7) is 3.23. The fourth-order valence-electron chi connectivity index (χ4n) is 1.95. The van der Waals surface area contributed by atoms with Crippen molar-refractivity contribution in [3.8, 4) is 0 Å². The number of sulfonamides is 1. The Kier molecular flexibility index (Phi) is 5.85. The molecule has 0 aliphatic carbocycles. The van der Waals surface area contributed by atoms with E-state index in [0.29, 0.717) is 18.2 Å². The van der Waals surface area contributed by atoms with E-state index in [-0.39, 0.29) is 0 Å². The van der Waals surface area contributed by atoms with E-state index in [2.05, 4.69) is 5.32 Å². The molecule has 17 heavy (non-hydrogen) atoms. The van der Waals surface area contributed by atoms with E-state index < -0.39 is 10.0 Å². The molecule has 0 saturated carbocycles. The summed E-state index contributed by atoms with van der Waals surface area (Å²) < 4.78 is 25.7. The summed E-state index contributed by atoms with van der Waals surface area (Å²) >= 11 is 0. The van der Waals surface area contributed by atoms with E-state index in [9.17, 15) is 8.42 Å². The standard InChI is InChI=1S/C11H25N3O2S/c1-13(2)8-9-14(3)17(15,16)10-11-4-6-12-7-5-11/h11-12H,4-10H2,1-3H3. The summed E-state index contributed by atoms with van der Waals surface area (Å²) in [5, 5.41) is 3.25. The summed E-state index contributed by atoms with van der Waals surface area (Å²) in [5.41, 5.74) is 0. The maximum absolute atomic E-state index is 12.1. The Balaban J connectivity index is 2.43. The van der Waals surface area contributed by atoms with Crippen molar-refractivity contribution in [2.45, 2.75) is 12.8 Å². The van der Waals surface area contributed by atoms with E-state index >= 15 is 0 Å². The zero-order valence-electron chi connectivity index (χ0n) is 11.1. The molecule has 0 spiro atoms. The first-order valence-electron chi connectivity index (χ1n) is 6.21. The van der Waals surface area contributed by atoms with E-state index in [0.717, 1.165) is 32.5 Å². The molecule has 1 aliphatic heterocycles. The Labute approximate surface area is 105 Å². The number of piperidine rings is 1. The van der Waals surface area contributed by atoms with Crippen molar-refractivity contribution < 1.29 is 8.42 Å². The van der Waals surface area contributed by atoms with Crippen LogP contribution in [0.3, 0.4) is 0 Å². The van der Waals surface area contributed by atoms with Gasteiger partial charge in [-0.25, -0.2) is 12.7 Å². The fourth-order valence-corrected chi connectivity index (χ4v) is 3.50. The van der Waals surface area contributed by atoms with E-state index in [1.165, 1.54) is 4.31 Å². The maximum atomic E-state index is 12.1. The van der Waals surface area contributed by atoms with Crippen molar-refractivity contribution in [3.63, 3.8) is 0 Å². The molecule has 0 amide bonds. The second kappa shape index (κ2) is 6.68. The molecule has 0 bridgehead atoms. The highest BCUT2D eigenvalue weighted by Crippen LogP contribution is 2.15. The third-order valence-corrected chi connectivity index (χ3v) is 5.27. The molecule has 1 rings (SSSR count). The van der Waals surface area contributed by atoms with Crippen molar-refractivity contribution in [1.29, 1.82) is 0 Å². The van der Waals surface area contributed by atoms with Gasteiger partial charge in [-0.2, -0.15) is 0 Å². The van der Waals surface area contributed by atoms with Crippen LogP contribution in [0.4, 0.5) is 0 Å². The number of rotatable bonds is 6. The quantitative estimate of drug-likeness (QED) is 0.722. The number of nitrogens with zero attached hydrogens (tertiary/aromatic N) is 2. The topological polar surface area (TPSA) is 52.7 Å². The molecule has 5 nitrogen and oxygen atoms in total. The molecule has 102 valence electrons. The molecule has 1 N–H and O–H groups in total. The molecule has 0 aromatic carbocycles. The van der Waals surface area contributed by atoms with Crippen molar-refractivity contribution in [2.75, 3.05) is 53.1 Å². The minimum absolute atomic E-state index is 0.304. The summed E-state index contributed by atoms with van der Waals surface area (Å²) in [6, 6.07) is 0. The van der Waals surface area contributed by atoms with Gasteiger partial charge in [0, 0.05) is 20.1 Å². The number of likely N-dealkylation sites (N-methyl/N-ethyl adjacent to an activating group) is 2. The zero-order valence-corrected chi connectivity index (χ0v) is 12.0. The van der Waals surface area contributed by atoms with Crippen LogP contribution in [-0.4, -0.2) is 70.7 Å². The molecule has 1 aliphatic rings. The molecule has 1 fully saturated rings. The van der Waals surface area contributed by atoms with Crippen LogP contribution in [0.15, 0.2) is 0 Å². The van der Waals surface area contributed by atoms with Crippen LogP contribution >= 0.6 is 0 Å². The van der Waals surface area contributed by atoms with Gasteiger partial charge in [0.15, 0.2) is 0 Å². The molecule has 1 saturated heterocycles. The van der Waals surface area contributed by atoms with Crippen LogP contribution in [0.25, 0.3) is 0 Å². The highest BCUT2D eigenvalue weighted by Gasteiger charge is 2.24. The fraction of sp³-hybridized carbons (Fsp3) is 1.00. The van der Waals surface area contributed by atoms with Gasteiger partial charge in [0.05, 0.1) is 5.75 Å². The number of hydrogen-bond donors (Lipinski definition) is 1. The van der Waals surface area contributed by atoms with Gasteiger partial charge in [-0.1, -0.05) is 0 Å². The lowest BCUT2D eigenvalue weighted by Crippen LogP contribution is -2.39. The average molecular weight is 263 g/mol. The molecule has 0 aromatic heterocycles. The Morgan fingerprint density at radius 1 is 1.12 bits per heavy atom. The predicted octanol–water partition coefficient (Wildman–Crippen LogP) is -0.191. The van der Waals surface area contributed by atoms with E-state index in [1.807, 2.05) is 19.0 Å². The average Bonchev–Trinajstić information content (AvgIpc) is 2.26. The van der Waals surface area contributed by atoms with Gasteiger partial charge in [-0.3, -0.25) is 0 Å². The molecular formula is C11H25N3O2S. The molecule has 0 unspecified atom stereocenters. The monoisotopic (exact) mass is 263 g/mol. The van der Waals surface area contributed by atoms with Crippen molar-refractivity contribution in [3.05, 3.63) is 0 Å². The maximum Gasteiger partial charge on any atom is 0.214 e. The lowest BCUT2D eigenvalue weighted by atomic mass is 10.0. The summed E-state index contributed by atoms with van der Waals surface area (Å²) in [4.78, 5) is 2.00. The van der Waals surface area contributed by atoms with Gasteiger partial charge in [-0.15, -0.1) is 0 Å². The van der Waals surface area contributed by atoms with Crippen LogP contribution in [0.1, 0.15) is 12.8 Å². The van der Waals surface area contributed by atoms with Gasteiger partial charge in [0.1, 0.15) is 0 Å². The molecule has 0 aromatic rings. The number of hydrogen-bond acceptors (Lipinski definition) is 4. The van der Waals surface area contributed by atoms with Gasteiger partial charge in [0.25, 0.3) is 0 Å². The SMILES string of the molecule is CN(C)CCN(C)S(=O)(=O)CC1CCNCC1. The first-order valence-corrected chi connectivity index (χ1v) is 7.82. The largest absolute Gasteiger partial charge is 0.317 e. The smallest absolute Gasteiger partial charge is 0.214 e. The van der Waals surface area contributed by atoms with Gasteiger partial charge in [0.2, 0.25) is 10.0 Å². The Hall–Kier alpha value is -0.170.